The molecule has 0 saturated carbocycles. The number of alkyl halides is 1. The van der Waals surface area contributed by atoms with E-state index in [1.54, 1.807) is 0 Å². The van der Waals surface area contributed by atoms with E-state index in [2.05, 4.69) is 36.9 Å². The molecule has 0 bridgehead atoms. The van der Waals surface area contributed by atoms with Gasteiger partial charge in [-0.15, -0.1) is 0 Å². The number of piperidine rings is 1. The van der Waals surface area contributed by atoms with Gasteiger partial charge in [-0.1, -0.05) is 15.9 Å². The van der Waals surface area contributed by atoms with Crippen LogP contribution in [0.5, 0.6) is 0 Å². The number of anilines is 1. The third kappa shape index (κ3) is 2.73. The normalized spacial score (nSPS) is 17.8. The first kappa shape index (κ1) is 11.8. The van der Waals surface area contributed by atoms with Crippen molar-refractivity contribution in [3.8, 4) is 0 Å². The number of hydrogen-bond acceptors (Lipinski definition) is 3. The fraction of sp³-hybridized carbons (Fsp3) is 0.667. The molecule has 0 amide bonds. The summed E-state index contributed by atoms with van der Waals surface area (Å²) in [4.78, 5) is 11.2. The van der Waals surface area contributed by atoms with Gasteiger partial charge in [0.25, 0.3) is 0 Å². The summed E-state index contributed by atoms with van der Waals surface area (Å²) in [6.45, 7) is 6.23. The summed E-state index contributed by atoms with van der Waals surface area (Å²) in [5.74, 6) is 2.80. The van der Waals surface area contributed by atoms with Crippen molar-refractivity contribution in [3.63, 3.8) is 0 Å². The molecule has 0 atom stereocenters. The Kier molecular flexibility index (Phi) is 3.79. The Hall–Kier alpha value is -0.640. The second-order valence-corrected chi connectivity index (χ2v) is 5.15. The Balaban J connectivity index is 2.08. The highest BCUT2D eigenvalue weighted by Gasteiger charge is 2.19. The summed E-state index contributed by atoms with van der Waals surface area (Å²) in [6.07, 6.45) is 2.51. The predicted molar refractivity (Wildman–Crippen MR) is 70.2 cm³/mol. The van der Waals surface area contributed by atoms with Gasteiger partial charge in [0.2, 0.25) is 0 Å². The quantitative estimate of drug-likeness (QED) is 0.782. The van der Waals surface area contributed by atoms with Crippen molar-refractivity contribution in [2.24, 2.45) is 5.92 Å². The van der Waals surface area contributed by atoms with Crippen LogP contribution in [0, 0.1) is 19.8 Å². The summed E-state index contributed by atoms with van der Waals surface area (Å²) in [5.41, 5.74) is 1.06. The van der Waals surface area contributed by atoms with Crippen molar-refractivity contribution in [1.82, 2.24) is 9.97 Å². The maximum atomic E-state index is 4.51. The van der Waals surface area contributed by atoms with Gasteiger partial charge >= 0.3 is 0 Å². The van der Waals surface area contributed by atoms with Crippen LogP contribution in [0.15, 0.2) is 6.07 Å². The van der Waals surface area contributed by atoms with Crippen LogP contribution in [-0.4, -0.2) is 28.4 Å². The first-order chi connectivity index (χ1) is 7.69. The average Bonchev–Trinajstić information content (AvgIpc) is 2.28. The van der Waals surface area contributed by atoms with Crippen LogP contribution < -0.4 is 4.90 Å². The van der Waals surface area contributed by atoms with Gasteiger partial charge < -0.3 is 4.90 Å². The Morgan fingerprint density at radius 1 is 1.31 bits per heavy atom. The molecule has 1 aliphatic rings. The summed E-state index contributed by atoms with van der Waals surface area (Å²) in [6, 6.07) is 2.08. The molecule has 16 heavy (non-hydrogen) atoms. The van der Waals surface area contributed by atoms with E-state index in [-0.39, 0.29) is 0 Å². The Labute approximate surface area is 105 Å². The SMILES string of the molecule is Cc1cc(N2CCC(CBr)CC2)nc(C)n1. The van der Waals surface area contributed by atoms with E-state index in [1.165, 1.54) is 12.8 Å². The molecule has 1 aromatic heterocycles. The van der Waals surface area contributed by atoms with Gasteiger partial charge in [0.15, 0.2) is 0 Å². The van der Waals surface area contributed by atoms with Crippen LogP contribution in [0.25, 0.3) is 0 Å². The monoisotopic (exact) mass is 283 g/mol. The maximum absolute atomic E-state index is 4.51. The third-order valence-electron chi connectivity index (χ3n) is 3.11. The van der Waals surface area contributed by atoms with E-state index >= 15 is 0 Å². The molecule has 1 fully saturated rings. The van der Waals surface area contributed by atoms with Crippen LogP contribution >= 0.6 is 15.9 Å². The zero-order chi connectivity index (χ0) is 11.5. The molecule has 0 radical (unpaired) electrons. The van der Waals surface area contributed by atoms with Crippen LogP contribution in [0.4, 0.5) is 5.82 Å². The smallest absolute Gasteiger partial charge is 0.132 e. The highest BCUT2D eigenvalue weighted by Crippen LogP contribution is 2.23. The van der Waals surface area contributed by atoms with Crippen molar-refractivity contribution >= 4 is 21.7 Å². The lowest BCUT2D eigenvalue weighted by atomic mass is 9.99. The van der Waals surface area contributed by atoms with Gasteiger partial charge in [0.05, 0.1) is 0 Å². The second-order valence-electron chi connectivity index (χ2n) is 4.50. The van der Waals surface area contributed by atoms with Gasteiger partial charge in [-0.05, 0) is 32.6 Å². The third-order valence-corrected chi connectivity index (χ3v) is 4.02. The lowest BCUT2D eigenvalue weighted by Crippen LogP contribution is -2.34. The van der Waals surface area contributed by atoms with Crippen LogP contribution in [0.1, 0.15) is 24.4 Å². The fourth-order valence-corrected chi connectivity index (χ4v) is 2.82. The van der Waals surface area contributed by atoms with Gasteiger partial charge in [-0.2, -0.15) is 0 Å². The van der Waals surface area contributed by atoms with E-state index in [9.17, 15) is 0 Å². The highest BCUT2D eigenvalue weighted by molar-refractivity contribution is 9.09. The van der Waals surface area contributed by atoms with Crippen LogP contribution in [-0.2, 0) is 0 Å². The molecular formula is C12H18BrN3. The van der Waals surface area contributed by atoms with Crippen LogP contribution in [0.3, 0.4) is 0 Å². The summed E-state index contributed by atoms with van der Waals surface area (Å²) < 4.78 is 0. The van der Waals surface area contributed by atoms with Crippen molar-refractivity contribution in [3.05, 3.63) is 17.6 Å². The summed E-state index contributed by atoms with van der Waals surface area (Å²) in [5, 5.41) is 1.13. The first-order valence-electron chi connectivity index (χ1n) is 5.82. The number of rotatable bonds is 2. The molecule has 0 spiro atoms. The van der Waals surface area contributed by atoms with E-state index in [0.717, 1.165) is 41.7 Å². The Bertz CT molecular complexity index is 339. The zero-order valence-corrected chi connectivity index (χ0v) is 11.5. The highest BCUT2D eigenvalue weighted by atomic mass is 79.9. The molecule has 2 heterocycles. The number of nitrogens with zero attached hydrogens (tertiary/aromatic N) is 3. The molecule has 1 aromatic rings. The van der Waals surface area contributed by atoms with E-state index in [1.807, 2.05) is 13.8 Å². The number of halogens is 1. The molecule has 4 heteroatoms. The summed E-state index contributed by atoms with van der Waals surface area (Å²) >= 11 is 3.57. The fourth-order valence-electron chi connectivity index (χ4n) is 2.18. The molecule has 0 aromatic carbocycles. The van der Waals surface area contributed by atoms with E-state index in [0.29, 0.717) is 0 Å². The largest absolute Gasteiger partial charge is 0.356 e. The van der Waals surface area contributed by atoms with Crippen LogP contribution in [0.2, 0.25) is 0 Å². The Morgan fingerprint density at radius 2 is 2.00 bits per heavy atom. The average molecular weight is 284 g/mol. The molecule has 1 aliphatic heterocycles. The van der Waals surface area contributed by atoms with Gasteiger partial charge in [-0.3, -0.25) is 0 Å². The standard InChI is InChI=1S/C12H18BrN3/c1-9-7-12(15-10(2)14-9)16-5-3-11(8-13)4-6-16/h7,11H,3-6,8H2,1-2H3. The van der Waals surface area contributed by atoms with Gasteiger partial charge in [-0.25, -0.2) is 9.97 Å². The Morgan fingerprint density at radius 3 is 2.56 bits per heavy atom. The van der Waals surface area contributed by atoms with Gasteiger partial charge in [0.1, 0.15) is 11.6 Å². The topological polar surface area (TPSA) is 29.0 Å². The minimum absolute atomic E-state index is 0.834. The minimum Gasteiger partial charge on any atom is -0.356 e. The molecule has 1 saturated heterocycles. The van der Waals surface area contributed by atoms with E-state index in [4.69, 9.17) is 0 Å². The summed E-state index contributed by atoms with van der Waals surface area (Å²) in [7, 11) is 0. The molecule has 2 rings (SSSR count). The lowest BCUT2D eigenvalue weighted by Gasteiger charge is -2.32. The zero-order valence-electron chi connectivity index (χ0n) is 9.91. The molecule has 0 N–H and O–H groups in total. The first-order valence-corrected chi connectivity index (χ1v) is 6.94. The van der Waals surface area contributed by atoms with Crippen molar-refractivity contribution in [1.29, 1.82) is 0 Å². The van der Waals surface area contributed by atoms with Crippen molar-refractivity contribution in [2.75, 3.05) is 23.3 Å². The molecule has 3 nitrogen and oxygen atoms in total. The predicted octanol–water partition coefficient (Wildman–Crippen LogP) is 2.70. The molecule has 88 valence electrons. The van der Waals surface area contributed by atoms with Crippen molar-refractivity contribution < 1.29 is 0 Å². The minimum atomic E-state index is 0.834. The van der Waals surface area contributed by atoms with Crippen molar-refractivity contribution in [2.45, 2.75) is 26.7 Å². The number of aromatic nitrogens is 2. The maximum Gasteiger partial charge on any atom is 0.132 e. The van der Waals surface area contributed by atoms with E-state index < -0.39 is 0 Å². The second kappa shape index (κ2) is 5.13. The van der Waals surface area contributed by atoms with Gasteiger partial charge in [0, 0.05) is 30.2 Å². The molecule has 0 unspecified atom stereocenters. The molecular weight excluding hydrogens is 266 g/mol. The molecule has 0 aliphatic carbocycles. The number of hydrogen-bond donors (Lipinski definition) is 0. The number of aryl methyl sites for hydroxylation is 2. The lowest BCUT2D eigenvalue weighted by molar-refractivity contribution is 0.445.